The summed E-state index contributed by atoms with van der Waals surface area (Å²) in [5.41, 5.74) is 3.65. The van der Waals surface area contributed by atoms with Crippen LogP contribution in [0.3, 0.4) is 0 Å². The molecule has 26 heavy (non-hydrogen) atoms. The minimum Gasteiger partial charge on any atom is -0.543 e. The third kappa shape index (κ3) is 4.64. The summed E-state index contributed by atoms with van der Waals surface area (Å²) in [6, 6.07) is 17.9. The second-order valence-electron chi connectivity index (χ2n) is 7.08. The highest BCUT2D eigenvalue weighted by atomic mass is 28.4. The van der Waals surface area contributed by atoms with Crippen LogP contribution in [-0.2, 0) is 0 Å². The number of aromatic nitrogens is 2. The first-order chi connectivity index (χ1) is 12.4. The number of hydrogen-bond acceptors (Lipinski definition) is 4. The number of aryl methyl sites for hydroxylation is 1. The van der Waals surface area contributed by atoms with Gasteiger partial charge in [-0.15, -0.1) is 0 Å². The second-order valence-corrected chi connectivity index (χ2v) is 11.5. The molecule has 0 aliphatic carbocycles. The highest BCUT2D eigenvalue weighted by Crippen LogP contribution is 2.32. The molecular formula is C21H23N3OSi. The fourth-order valence-electron chi connectivity index (χ4n) is 2.51. The van der Waals surface area contributed by atoms with E-state index >= 15 is 0 Å². The molecule has 0 N–H and O–H groups in total. The molecule has 3 rings (SSSR count). The molecule has 0 bridgehead atoms. The van der Waals surface area contributed by atoms with Crippen molar-refractivity contribution in [3.63, 3.8) is 0 Å². The molecule has 3 aromatic rings. The van der Waals surface area contributed by atoms with Crippen molar-refractivity contribution in [3.8, 4) is 5.75 Å². The minimum absolute atomic E-state index is 0.596. The summed E-state index contributed by atoms with van der Waals surface area (Å²) in [5.74, 6) is 1.41. The Kier molecular flexibility index (Phi) is 5.28. The van der Waals surface area contributed by atoms with Gasteiger partial charge in [0.15, 0.2) is 5.82 Å². The summed E-state index contributed by atoms with van der Waals surface area (Å²) < 4.78 is 6.28. The Morgan fingerprint density at radius 3 is 2.27 bits per heavy atom. The van der Waals surface area contributed by atoms with Gasteiger partial charge in [0, 0.05) is 18.0 Å². The predicted octanol–water partition coefficient (Wildman–Crippen LogP) is 5.17. The lowest BCUT2D eigenvalue weighted by molar-refractivity contribution is 0.558. The third-order valence-electron chi connectivity index (χ3n) is 3.59. The van der Waals surface area contributed by atoms with Gasteiger partial charge in [-0.1, -0.05) is 36.4 Å². The van der Waals surface area contributed by atoms with Crippen LogP contribution >= 0.6 is 0 Å². The van der Waals surface area contributed by atoms with Gasteiger partial charge in [-0.3, -0.25) is 0 Å². The van der Waals surface area contributed by atoms with Gasteiger partial charge in [0.2, 0.25) is 8.32 Å². The van der Waals surface area contributed by atoms with Crippen molar-refractivity contribution < 1.29 is 4.43 Å². The summed E-state index contributed by atoms with van der Waals surface area (Å²) in [6.45, 7) is 8.56. The number of nitrogens with zero attached hydrogens (tertiary/aromatic N) is 3. The van der Waals surface area contributed by atoms with Gasteiger partial charge < -0.3 is 4.43 Å². The average Bonchev–Trinajstić information content (AvgIpc) is 2.61. The maximum Gasteiger partial charge on any atom is 0.242 e. The van der Waals surface area contributed by atoms with Crippen LogP contribution < -0.4 is 4.43 Å². The average molecular weight is 362 g/mol. The van der Waals surface area contributed by atoms with Gasteiger partial charge in [-0.2, -0.15) is 0 Å². The summed E-state index contributed by atoms with van der Waals surface area (Å²) in [5, 5.41) is 0. The van der Waals surface area contributed by atoms with E-state index in [1.165, 1.54) is 0 Å². The van der Waals surface area contributed by atoms with E-state index in [4.69, 9.17) is 9.42 Å². The standard InChI is InChI=1S/C21H23N3OSi/c1-16-11-12-18(19(15-16)25-26(2,3)4)24-20(17-9-6-5-7-10-17)21-22-13-8-14-23-21/h5-15H,1-4H3. The number of hydrogen-bond donors (Lipinski definition) is 0. The van der Waals surface area contributed by atoms with E-state index in [2.05, 4.69) is 36.5 Å². The van der Waals surface area contributed by atoms with E-state index in [0.717, 1.165) is 28.3 Å². The van der Waals surface area contributed by atoms with Crippen LogP contribution in [0, 0.1) is 6.92 Å². The fourth-order valence-corrected chi connectivity index (χ4v) is 3.33. The van der Waals surface area contributed by atoms with Crippen LogP contribution in [0.2, 0.25) is 19.6 Å². The van der Waals surface area contributed by atoms with E-state index in [1.54, 1.807) is 18.5 Å². The van der Waals surface area contributed by atoms with Crippen LogP contribution in [0.15, 0.2) is 72.0 Å². The van der Waals surface area contributed by atoms with Crippen molar-refractivity contribution in [1.82, 2.24) is 9.97 Å². The minimum atomic E-state index is -1.76. The maximum absolute atomic E-state index is 6.28. The molecule has 0 unspecified atom stereocenters. The Morgan fingerprint density at radius 2 is 1.62 bits per heavy atom. The van der Waals surface area contributed by atoms with Gasteiger partial charge in [-0.25, -0.2) is 15.0 Å². The molecule has 0 saturated carbocycles. The smallest absolute Gasteiger partial charge is 0.242 e. The molecule has 132 valence electrons. The van der Waals surface area contributed by atoms with E-state index in [1.807, 2.05) is 48.5 Å². The Morgan fingerprint density at radius 1 is 0.923 bits per heavy atom. The van der Waals surface area contributed by atoms with Crippen LogP contribution in [-0.4, -0.2) is 24.0 Å². The SMILES string of the molecule is Cc1ccc(N=C(c2ccccc2)c2ncccn2)c(O[Si](C)(C)C)c1. The largest absolute Gasteiger partial charge is 0.543 e. The molecule has 0 atom stereocenters. The quantitative estimate of drug-likeness (QED) is 0.465. The lowest BCUT2D eigenvalue weighted by atomic mass is 10.1. The first kappa shape index (κ1) is 18.0. The molecular weight excluding hydrogens is 338 g/mol. The molecule has 0 radical (unpaired) electrons. The first-order valence-electron chi connectivity index (χ1n) is 8.63. The highest BCUT2D eigenvalue weighted by molar-refractivity contribution is 6.70. The van der Waals surface area contributed by atoms with Gasteiger partial charge in [0.05, 0.1) is 0 Å². The summed E-state index contributed by atoms with van der Waals surface area (Å²) >= 11 is 0. The van der Waals surface area contributed by atoms with Gasteiger partial charge in [-0.05, 0) is 50.3 Å². The Labute approximate surface area is 155 Å². The topological polar surface area (TPSA) is 47.4 Å². The molecule has 0 spiro atoms. The molecule has 0 amide bonds. The van der Waals surface area contributed by atoms with Gasteiger partial charge >= 0.3 is 0 Å². The zero-order chi connectivity index (χ0) is 18.6. The predicted molar refractivity (Wildman–Crippen MR) is 109 cm³/mol. The Bertz CT molecular complexity index is 862. The van der Waals surface area contributed by atoms with E-state index in [9.17, 15) is 0 Å². The van der Waals surface area contributed by atoms with E-state index < -0.39 is 8.32 Å². The highest BCUT2D eigenvalue weighted by Gasteiger charge is 2.19. The van der Waals surface area contributed by atoms with Crippen molar-refractivity contribution in [2.45, 2.75) is 26.6 Å². The molecule has 0 fully saturated rings. The molecule has 1 heterocycles. The van der Waals surface area contributed by atoms with Crippen LogP contribution in [0.4, 0.5) is 5.69 Å². The molecule has 0 aliphatic rings. The van der Waals surface area contributed by atoms with E-state index in [0.29, 0.717) is 5.82 Å². The van der Waals surface area contributed by atoms with Crippen LogP contribution in [0.1, 0.15) is 17.0 Å². The number of rotatable bonds is 5. The normalized spacial score (nSPS) is 12.1. The Hall–Kier alpha value is -2.79. The van der Waals surface area contributed by atoms with Crippen LogP contribution in [0.25, 0.3) is 0 Å². The number of benzene rings is 2. The van der Waals surface area contributed by atoms with Crippen molar-refractivity contribution in [2.24, 2.45) is 4.99 Å². The lowest BCUT2D eigenvalue weighted by Crippen LogP contribution is -2.29. The van der Waals surface area contributed by atoms with E-state index in [-0.39, 0.29) is 0 Å². The van der Waals surface area contributed by atoms with Crippen molar-refractivity contribution >= 4 is 19.7 Å². The molecule has 0 saturated heterocycles. The maximum atomic E-state index is 6.28. The van der Waals surface area contributed by atoms with Gasteiger partial charge in [0.1, 0.15) is 17.1 Å². The Balaban J connectivity index is 2.15. The monoisotopic (exact) mass is 361 g/mol. The lowest BCUT2D eigenvalue weighted by Gasteiger charge is -2.21. The molecule has 5 heteroatoms. The summed E-state index contributed by atoms with van der Waals surface area (Å²) in [7, 11) is -1.76. The second kappa shape index (κ2) is 7.62. The van der Waals surface area contributed by atoms with Crippen molar-refractivity contribution in [3.05, 3.63) is 83.9 Å². The zero-order valence-electron chi connectivity index (χ0n) is 15.6. The van der Waals surface area contributed by atoms with Crippen molar-refractivity contribution in [2.75, 3.05) is 0 Å². The fraction of sp³-hybridized carbons (Fsp3) is 0.190. The zero-order valence-corrected chi connectivity index (χ0v) is 16.6. The third-order valence-corrected chi connectivity index (χ3v) is 4.42. The molecule has 4 nitrogen and oxygen atoms in total. The molecule has 2 aromatic carbocycles. The van der Waals surface area contributed by atoms with Crippen molar-refractivity contribution in [1.29, 1.82) is 0 Å². The van der Waals surface area contributed by atoms with Crippen LogP contribution in [0.5, 0.6) is 5.75 Å². The summed E-state index contributed by atoms with van der Waals surface area (Å²) in [6.07, 6.45) is 3.46. The molecule has 0 aliphatic heterocycles. The first-order valence-corrected chi connectivity index (χ1v) is 12.0. The molecule has 1 aromatic heterocycles. The van der Waals surface area contributed by atoms with Gasteiger partial charge in [0.25, 0.3) is 0 Å². The summed E-state index contributed by atoms with van der Waals surface area (Å²) in [4.78, 5) is 13.7. The number of aliphatic imine (C=N–C) groups is 1.